The van der Waals surface area contributed by atoms with E-state index in [4.69, 9.17) is 11.6 Å². The zero-order chi connectivity index (χ0) is 13.9. The normalized spacial score (nSPS) is 18.6. The van der Waals surface area contributed by atoms with Gasteiger partial charge in [0, 0.05) is 11.6 Å². The van der Waals surface area contributed by atoms with E-state index in [1.165, 1.54) is 0 Å². The molecule has 1 aliphatic carbocycles. The number of nitrogens with one attached hydrogen (secondary N) is 1. The van der Waals surface area contributed by atoms with E-state index in [1.807, 2.05) is 0 Å². The summed E-state index contributed by atoms with van der Waals surface area (Å²) < 4.78 is 26.4. The molecule has 0 unspecified atom stereocenters. The van der Waals surface area contributed by atoms with Crippen LogP contribution in [0.4, 0.5) is 0 Å². The van der Waals surface area contributed by atoms with E-state index in [9.17, 15) is 13.5 Å². The van der Waals surface area contributed by atoms with Crippen LogP contribution in [0.5, 0.6) is 0 Å². The Balaban J connectivity index is 1.93. The molecule has 0 aromatic heterocycles. The summed E-state index contributed by atoms with van der Waals surface area (Å²) in [7, 11) is -3.43. The molecule has 4 nitrogen and oxygen atoms in total. The van der Waals surface area contributed by atoms with E-state index < -0.39 is 15.6 Å². The summed E-state index contributed by atoms with van der Waals surface area (Å²) in [6.45, 7) is 0.100. The third-order valence-electron chi connectivity index (χ3n) is 3.43. The van der Waals surface area contributed by atoms with Gasteiger partial charge in [-0.15, -0.1) is 0 Å². The standard InChI is InChI=1S/C13H18ClNO3S/c14-12-5-3-11(4-6-12)9-19(17,18)15-10-13(16)7-1-2-8-13/h3-6,15-16H,1-2,7-10H2. The third kappa shape index (κ3) is 4.45. The van der Waals surface area contributed by atoms with E-state index in [-0.39, 0.29) is 12.3 Å². The molecule has 1 saturated carbocycles. The van der Waals surface area contributed by atoms with Crippen molar-refractivity contribution in [2.24, 2.45) is 0 Å². The molecule has 1 aliphatic rings. The van der Waals surface area contributed by atoms with Gasteiger partial charge >= 0.3 is 0 Å². The fourth-order valence-electron chi connectivity index (χ4n) is 2.31. The maximum atomic E-state index is 11.9. The molecule has 2 N–H and O–H groups in total. The molecule has 106 valence electrons. The highest BCUT2D eigenvalue weighted by atomic mass is 35.5. The van der Waals surface area contributed by atoms with Crippen molar-refractivity contribution in [2.75, 3.05) is 6.54 Å². The van der Waals surface area contributed by atoms with Crippen LogP contribution in [0, 0.1) is 0 Å². The van der Waals surface area contributed by atoms with Crippen molar-refractivity contribution < 1.29 is 13.5 Å². The van der Waals surface area contributed by atoms with Gasteiger partial charge in [-0.05, 0) is 30.5 Å². The third-order valence-corrected chi connectivity index (χ3v) is 4.97. The van der Waals surface area contributed by atoms with Crippen molar-refractivity contribution in [2.45, 2.75) is 37.0 Å². The molecule has 6 heteroatoms. The van der Waals surface area contributed by atoms with Crippen LogP contribution in [0.15, 0.2) is 24.3 Å². The second-order valence-corrected chi connectivity index (χ2v) is 7.38. The Bertz CT molecular complexity index is 521. The number of rotatable bonds is 5. The maximum Gasteiger partial charge on any atom is 0.215 e. The molecule has 0 saturated heterocycles. The molecule has 0 aliphatic heterocycles. The molecule has 2 rings (SSSR count). The quantitative estimate of drug-likeness (QED) is 0.875. The SMILES string of the molecule is O=S(=O)(Cc1ccc(Cl)cc1)NCC1(O)CCCC1. The molecule has 1 fully saturated rings. The maximum absolute atomic E-state index is 11.9. The Labute approximate surface area is 118 Å². The lowest BCUT2D eigenvalue weighted by Gasteiger charge is -2.22. The van der Waals surface area contributed by atoms with Gasteiger partial charge in [0.05, 0.1) is 11.4 Å². The van der Waals surface area contributed by atoms with Crippen LogP contribution in [0.25, 0.3) is 0 Å². The zero-order valence-electron chi connectivity index (χ0n) is 10.6. The summed E-state index contributed by atoms with van der Waals surface area (Å²) in [5, 5.41) is 10.7. The molecular weight excluding hydrogens is 286 g/mol. The Morgan fingerprint density at radius 1 is 1.21 bits per heavy atom. The van der Waals surface area contributed by atoms with Gasteiger partial charge in [0.15, 0.2) is 0 Å². The van der Waals surface area contributed by atoms with Gasteiger partial charge in [0.1, 0.15) is 0 Å². The van der Waals surface area contributed by atoms with E-state index >= 15 is 0 Å². The van der Waals surface area contributed by atoms with Gasteiger partial charge in [-0.25, -0.2) is 13.1 Å². The lowest BCUT2D eigenvalue weighted by atomic mass is 10.0. The van der Waals surface area contributed by atoms with E-state index in [0.717, 1.165) is 12.8 Å². The number of hydrogen-bond acceptors (Lipinski definition) is 3. The minimum atomic E-state index is -3.43. The molecule has 0 atom stereocenters. The second kappa shape index (κ2) is 5.79. The van der Waals surface area contributed by atoms with Crippen molar-refractivity contribution >= 4 is 21.6 Å². The molecule has 1 aromatic rings. The van der Waals surface area contributed by atoms with Gasteiger partial charge in [0.2, 0.25) is 10.0 Å². The van der Waals surface area contributed by atoms with Crippen LogP contribution in [0.1, 0.15) is 31.2 Å². The van der Waals surface area contributed by atoms with E-state index in [1.54, 1.807) is 24.3 Å². The smallest absolute Gasteiger partial charge is 0.215 e. The first-order valence-corrected chi connectivity index (χ1v) is 8.36. The minimum Gasteiger partial charge on any atom is -0.389 e. The Morgan fingerprint density at radius 2 is 1.79 bits per heavy atom. The van der Waals surface area contributed by atoms with Gasteiger partial charge in [-0.3, -0.25) is 0 Å². The van der Waals surface area contributed by atoms with Gasteiger partial charge < -0.3 is 5.11 Å². The second-order valence-electron chi connectivity index (χ2n) is 5.14. The van der Waals surface area contributed by atoms with Crippen LogP contribution in [-0.4, -0.2) is 25.7 Å². The molecular formula is C13H18ClNO3S. The fraction of sp³-hybridized carbons (Fsp3) is 0.538. The Morgan fingerprint density at radius 3 is 2.37 bits per heavy atom. The highest BCUT2D eigenvalue weighted by Crippen LogP contribution is 2.28. The largest absolute Gasteiger partial charge is 0.389 e. The highest BCUT2D eigenvalue weighted by Gasteiger charge is 2.32. The summed E-state index contributed by atoms with van der Waals surface area (Å²) in [6.07, 6.45) is 3.23. The van der Waals surface area contributed by atoms with Crippen LogP contribution in [0.3, 0.4) is 0 Å². The minimum absolute atomic E-state index is 0.0970. The average Bonchev–Trinajstić information content (AvgIpc) is 2.78. The predicted molar refractivity (Wildman–Crippen MR) is 75.5 cm³/mol. The van der Waals surface area contributed by atoms with Gasteiger partial charge in [0.25, 0.3) is 0 Å². The summed E-state index contributed by atoms with van der Waals surface area (Å²) in [6, 6.07) is 6.70. The first-order chi connectivity index (χ1) is 8.89. The van der Waals surface area contributed by atoms with Crippen LogP contribution in [-0.2, 0) is 15.8 Å². The molecule has 1 aromatic carbocycles. The predicted octanol–water partition coefficient (Wildman–Crippen LogP) is 2.06. The molecule has 0 amide bonds. The fourth-order valence-corrected chi connectivity index (χ4v) is 3.65. The zero-order valence-corrected chi connectivity index (χ0v) is 12.2. The van der Waals surface area contributed by atoms with Gasteiger partial charge in [-0.2, -0.15) is 0 Å². The summed E-state index contributed by atoms with van der Waals surface area (Å²) >= 11 is 5.75. The Kier molecular flexibility index (Phi) is 4.50. The van der Waals surface area contributed by atoms with Crippen LogP contribution in [0.2, 0.25) is 5.02 Å². The molecule has 0 radical (unpaired) electrons. The molecule has 0 heterocycles. The number of sulfonamides is 1. The van der Waals surface area contributed by atoms with Crippen LogP contribution >= 0.6 is 11.6 Å². The van der Waals surface area contributed by atoms with Crippen molar-refractivity contribution in [1.29, 1.82) is 0 Å². The van der Waals surface area contributed by atoms with Crippen LogP contribution < -0.4 is 4.72 Å². The first-order valence-electron chi connectivity index (χ1n) is 6.33. The summed E-state index contributed by atoms with van der Waals surface area (Å²) in [5.74, 6) is -0.0970. The van der Waals surface area contributed by atoms with Gasteiger partial charge in [-0.1, -0.05) is 36.6 Å². The summed E-state index contributed by atoms with van der Waals surface area (Å²) in [5.41, 5.74) is -0.192. The van der Waals surface area contributed by atoms with Crippen molar-refractivity contribution in [1.82, 2.24) is 4.72 Å². The topological polar surface area (TPSA) is 66.4 Å². The number of halogens is 1. The number of aliphatic hydroxyl groups is 1. The van der Waals surface area contributed by atoms with E-state index in [0.29, 0.717) is 23.4 Å². The summed E-state index contributed by atoms with van der Waals surface area (Å²) in [4.78, 5) is 0. The lowest BCUT2D eigenvalue weighted by molar-refractivity contribution is 0.0531. The van der Waals surface area contributed by atoms with Crippen molar-refractivity contribution in [3.05, 3.63) is 34.9 Å². The highest BCUT2D eigenvalue weighted by molar-refractivity contribution is 7.88. The molecule has 0 bridgehead atoms. The number of hydrogen-bond donors (Lipinski definition) is 2. The first kappa shape index (κ1) is 14.8. The van der Waals surface area contributed by atoms with Crippen molar-refractivity contribution in [3.63, 3.8) is 0 Å². The van der Waals surface area contributed by atoms with Crippen molar-refractivity contribution in [3.8, 4) is 0 Å². The molecule has 0 spiro atoms. The Hall–Kier alpha value is -0.620. The molecule has 19 heavy (non-hydrogen) atoms. The monoisotopic (exact) mass is 303 g/mol. The lowest BCUT2D eigenvalue weighted by Crippen LogP contribution is -2.41. The number of benzene rings is 1. The van der Waals surface area contributed by atoms with E-state index in [2.05, 4.69) is 4.72 Å². The average molecular weight is 304 g/mol.